The zero-order chi connectivity index (χ0) is 26.0. The largest absolute Gasteiger partial charge is 0.324 e. The Balaban J connectivity index is 1.81. The number of anilines is 2. The normalized spacial score (nSPS) is 16.2. The van der Waals surface area contributed by atoms with Crippen LogP contribution < -0.4 is 10.2 Å². The van der Waals surface area contributed by atoms with Crippen LogP contribution in [0.25, 0.3) is 0 Å². The number of halogens is 3. The lowest BCUT2D eigenvalue weighted by atomic mass is 9.97. The molecular formula is C28H26Cl2FN3O2. The minimum atomic E-state index is -0.809. The second-order valence-electron chi connectivity index (χ2n) is 8.83. The maximum absolute atomic E-state index is 14.9. The molecule has 1 heterocycles. The number of amides is 2. The van der Waals surface area contributed by atoms with E-state index in [1.54, 1.807) is 61.5 Å². The Labute approximate surface area is 219 Å². The average molecular weight is 526 g/mol. The van der Waals surface area contributed by atoms with Crippen LogP contribution in [0.4, 0.5) is 15.8 Å². The fourth-order valence-corrected chi connectivity index (χ4v) is 4.52. The summed E-state index contributed by atoms with van der Waals surface area (Å²) in [5.74, 6) is -1.34. The molecule has 0 unspecified atom stereocenters. The number of benzene rings is 3. The quantitative estimate of drug-likeness (QED) is 0.390. The van der Waals surface area contributed by atoms with Crippen molar-refractivity contribution in [3.05, 3.63) is 93.2 Å². The van der Waals surface area contributed by atoms with Gasteiger partial charge in [0.15, 0.2) is 0 Å². The van der Waals surface area contributed by atoms with E-state index in [4.69, 9.17) is 28.2 Å². The highest BCUT2D eigenvalue weighted by Gasteiger charge is 2.36. The summed E-state index contributed by atoms with van der Waals surface area (Å²) in [6, 6.07) is 15.7. The topological polar surface area (TPSA) is 61.8 Å². The summed E-state index contributed by atoms with van der Waals surface area (Å²) in [4.78, 5) is 33.2. The highest BCUT2D eigenvalue weighted by Crippen LogP contribution is 2.33. The van der Waals surface area contributed by atoms with Crippen LogP contribution in [-0.2, 0) is 9.59 Å². The molecule has 0 saturated carbocycles. The lowest BCUT2D eigenvalue weighted by molar-refractivity contribution is -0.123. The zero-order valence-corrected chi connectivity index (χ0v) is 21.7. The van der Waals surface area contributed by atoms with Gasteiger partial charge in [0.1, 0.15) is 18.4 Å². The Morgan fingerprint density at radius 2 is 1.86 bits per heavy atom. The van der Waals surface area contributed by atoms with Crippen LogP contribution in [0.15, 0.2) is 65.7 Å². The third-order valence-corrected chi connectivity index (χ3v) is 7.09. The first-order chi connectivity index (χ1) is 17.2. The smallest absolute Gasteiger partial charge is 0.252 e. The number of carbonyl (C=O) groups excluding carboxylic acids is 2. The molecule has 2 atom stereocenters. The van der Waals surface area contributed by atoms with Crippen molar-refractivity contribution in [3.63, 3.8) is 0 Å². The lowest BCUT2D eigenvalue weighted by Crippen LogP contribution is -2.44. The first-order valence-electron chi connectivity index (χ1n) is 11.7. The standard InChI is InChI=1S/C28H26Cl2FN3O2/c1-4-16(2)26-28(36)34(15-25(35)32-23-11-7-9-21(30)17(23)3)24-13-12-18(29)14-20(24)27(33-26)19-8-5-6-10-22(19)31/h5-14,16,26H,4,15H2,1-3H3,(H,32,35)/t16-,26+/m0/s1. The summed E-state index contributed by atoms with van der Waals surface area (Å²) >= 11 is 12.5. The Kier molecular flexibility index (Phi) is 7.76. The second-order valence-corrected chi connectivity index (χ2v) is 9.68. The van der Waals surface area contributed by atoms with Gasteiger partial charge in [-0.05, 0) is 60.9 Å². The second kappa shape index (κ2) is 10.8. The Hall–Kier alpha value is -3.22. The van der Waals surface area contributed by atoms with E-state index in [9.17, 15) is 14.0 Å². The molecule has 5 nitrogen and oxygen atoms in total. The Morgan fingerprint density at radius 3 is 2.58 bits per heavy atom. The number of nitrogens with one attached hydrogen (secondary N) is 1. The molecule has 0 saturated heterocycles. The van der Waals surface area contributed by atoms with E-state index in [-0.39, 0.29) is 23.9 Å². The van der Waals surface area contributed by atoms with Crippen molar-refractivity contribution in [1.29, 1.82) is 0 Å². The van der Waals surface area contributed by atoms with E-state index < -0.39 is 17.8 Å². The minimum Gasteiger partial charge on any atom is -0.324 e. The van der Waals surface area contributed by atoms with Crippen LogP contribution in [0, 0.1) is 18.7 Å². The van der Waals surface area contributed by atoms with Crippen molar-refractivity contribution in [2.75, 3.05) is 16.8 Å². The molecule has 0 radical (unpaired) electrons. The van der Waals surface area contributed by atoms with Gasteiger partial charge in [0.25, 0.3) is 5.91 Å². The van der Waals surface area contributed by atoms with Gasteiger partial charge in [0, 0.05) is 26.9 Å². The zero-order valence-electron chi connectivity index (χ0n) is 20.2. The van der Waals surface area contributed by atoms with Gasteiger partial charge in [-0.1, -0.05) is 61.7 Å². The van der Waals surface area contributed by atoms with Crippen LogP contribution in [0.1, 0.15) is 37.0 Å². The first kappa shape index (κ1) is 25.9. The molecule has 0 fully saturated rings. The molecule has 0 spiro atoms. The number of benzodiazepines with no additional fused rings is 1. The maximum atomic E-state index is 14.9. The van der Waals surface area contributed by atoms with Gasteiger partial charge < -0.3 is 10.2 Å². The molecule has 3 aromatic rings. The predicted molar refractivity (Wildman–Crippen MR) is 144 cm³/mol. The third kappa shape index (κ3) is 5.15. The molecule has 0 bridgehead atoms. The number of hydrogen-bond donors (Lipinski definition) is 1. The van der Waals surface area contributed by atoms with Gasteiger partial charge in [0.2, 0.25) is 5.91 Å². The minimum absolute atomic E-state index is 0.148. The molecule has 36 heavy (non-hydrogen) atoms. The molecule has 1 aliphatic heterocycles. The maximum Gasteiger partial charge on any atom is 0.252 e. The predicted octanol–water partition coefficient (Wildman–Crippen LogP) is 6.68. The molecule has 3 aromatic carbocycles. The summed E-state index contributed by atoms with van der Waals surface area (Å²) in [7, 11) is 0. The number of rotatable bonds is 6. The van der Waals surface area contributed by atoms with Gasteiger partial charge in [-0.2, -0.15) is 0 Å². The fourth-order valence-electron chi connectivity index (χ4n) is 4.18. The van der Waals surface area contributed by atoms with Gasteiger partial charge >= 0.3 is 0 Å². The van der Waals surface area contributed by atoms with Crippen molar-refractivity contribution in [2.24, 2.45) is 10.9 Å². The van der Waals surface area contributed by atoms with Crippen molar-refractivity contribution < 1.29 is 14.0 Å². The van der Waals surface area contributed by atoms with E-state index in [1.165, 1.54) is 11.0 Å². The molecule has 1 aliphatic rings. The summed E-state index contributed by atoms with van der Waals surface area (Å²) in [6.07, 6.45) is 0.670. The molecule has 8 heteroatoms. The van der Waals surface area contributed by atoms with Crippen molar-refractivity contribution in [1.82, 2.24) is 0 Å². The summed E-state index contributed by atoms with van der Waals surface area (Å²) in [6.45, 7) is 5.43. The Bertz CT molecular complexity index is 1360. The van der Waals surface area contributed by atoms with Crippen LogP contribution in [0.2, 0.25) is 10.0 Å². The summed E-state index contributed by atoms with van der Waals surface area (Å²) in [5.41, 5.74) is 2.81. The number of fused-ring (bicyclic) bond motifs is 1. The molecule has 186 valence electrons. The highest BCUT2D eigenvalue weighted by molar-refractivity contribution is 6.32. The molecule has 0 aliphatic carbocycles. The molecule has 2 amide bonds. The van der Waals surface area contributed by atoms with Crippen molar-refractivity contribution in [2.45, 2.75) is 33.2 Å². The molecule has 4 rings (SSSR count). The van der Waals surface area contributed by atoms with E-state index in [0.29, 0.717) is 39.1 Å². The van der Waals surface area contributed by atoms with Crippen LogP contribution in [0.5, 0.6) is 0 Å². The van der Waals surface area contributed by atoms with E-state index in [2.05, 4.69) is 5.32 Å². The van der Waals surface area contributed by atoms with Crippen LogP contribution >= 0.6 is 23.2 Å². The number of aliphatic imine (C=N–C) groups is 1. The first-order valence-corrected chi connectivity index (χ1v) is 12.5. The van der Waals surface area contributed by atoms with Gasteiger partial charge in [-0.3, -0.25) is 14.6 Å². The highest BCUT2D eigenvalue weighted by atomic mass is 35.5. The SMILES string of the molecule is CC[C@H](C)[C@H]1N=C(c2ccccc2F)c2cc(Cl)ccc2N(CC(=O)Nc2cccc(Cl)c2C)C1=O. The monoisotopic (exact) mass is 525 g/mol. The molecule has 0 aromatic heterocycles. The number of nitrogens with zero attached hydrogens (tertiary/aromatic N) is 2. The average Bonchev–Trinajstić information content (AvgIpc) is 2.96. The molecule has 1 N–H and O–H groups in total. The Morgan fingerprint density at radius 1 is 1.11 bits per heavy atom. The van der Waals surface area contributed by atoms with Gasteiger partial charge in [-0.25, -0.2) is 4.39 Å². The fraction of sp³-hybridized carbons (Fsp3) is 0.250. The van der Waals surface area contributed by atoms with Gasteiger partial charge in [0.05, 0.1) is 11.4 Å². The number of hydrogen-bond acceptors (Lipinski definition) is 3. The number of carbonyl (C=O) groups is 2. The van der Waals surface area contributed by atoms with Crippen molar-refractivity contribution in [3.8, 4) is 0 Å². The summed E-state index contributed by atoms with van der Waals surface area (Å²) < 4.78 is 14.9. The van der Waals surface area contributed by atoms with Crippen LogP contribution in [-0.4, -0.2) is 30.1 Å². The van der Waals surface area contributed by atoms with Crippen molar-refractivity contribution >= 4 is 52.1 Å². The van der Waals surface area contributed by atoms with Crippen LogP contribution in [0.3, 0.4) is 0 Å². The van der Waals surface area contributed by atoms with Gasteiger partial charge in [-0.15, -0.1) is 0 Å². The van der Waals surface area contributed by atoms with E-state index in [1.807, 2.05) is 13.8 Å². The summed E-state index contributed by atoms with van der Waals surface area (Å²) in [5, 5.41) is 3.79. The van der Waals surface area contributed by atoms with E-state index >= 15 is 0 Å². The third-order valence-electron chi connectivity index (χ3n) is 6.45. The van der Waals surface area contributed by atoms with E-state index in [0.717, 1.165) is 5.56 Å². The lowest BCUT2D eigenvalue weighted by Gasteiger charge is -2.27. The molecular weight excluding hydrogens is 500 g/mol.